The topological polar surface area (TPSA) is 21.3 Å². The van der Waals surface area contributed by atoms with Crippen LogP contribution in [-0.4, -0.2) is 11.3 Å². The minimum atomic E-state index is 0.00540. The molecule has 5 heteroatoms. The largest absolute Gasteiger partial charge is 0.456 e. The van der Waals surface area contributed by atoms with Crippen molar-refractivity contribution in [3.63, 3.8) is 0 Å². The Morgan fingerprint density at radius 3 is 2.31 bits per heavy atom. The Morgan fingerprint density at radius 1 is 0.556 bits per heavy atom. The van der Waals surface area contributed by atoms with Crippen molar-refractivity contribution >= 4 is 101 Å². The van der Waals surface area contributed by atoms with Crippen LogP contribution in [0.15, 0.2) is 142 Å². The third-order valence-electron chi connectivity index (χ3n) is 10.3. The second kappa shape index (κ2) is 7.81. The zero-order chi connectivity index (χ0) is 29.0. The first-order chi connectivity index (χ1) is 22.3. The van der Waals surface area contributed by atoms with Crippen molar-refractivity contribution < 1.29 is 4.42 Å². The highest BCUT2D eigenvalue weighted by Gasteiger charge is 2.46. The quantitative estimate of drug-likeness (QED) is 0.165. The van der Waals surface area contributed by atoms with E-state index in [0.717, 1.165) is 16.6 Å². The molecule has 0 fully saturated rings. The summed E-state index contributed by atoms with van der Waals surface area (Å²) in [5.74, 6) is 0. The highest BCUT2D eigenvalue weighted by molar-refractivity contribution is 7.99. The zero-order valence-electron chi connectivity index (χ0n) is 23.9. The van der Waals surface area contributed by atoms with E-state index in [-0.39, 0.29) is 6.85 Å². The third kappa shape index (κ3) is 2.62. The molecule has 0 unspecified atom stereocenters. The molecule has 5 heterocycles. The molecule has 12 rings (SSSR count). The Hall–Kier alpha value is -5.39. The molecule has 0 N–H and O–H groups in total. The summed E-state index contributed by atoms with van der Waals surface area (Å²) >= 11 is 1.88. The van der Waals surface area contributed by atoms with Crippen LogP contribution in [0, 0.1) is 0 Å². The molecular weight excluding hydrogens is 567 g/mol. The maximum Gasteiger partial charge on any atom is 0.333 e. The first kappa shape index (κ1) is 23.1. The van der Waals surface area contributed by atoms with Gasteiger partial charge in [0.1, 0.15) is 11.2 Å². The van der Waals surface area contributed by atoms with Gasteiger partial charge in [-0.25, -0.2) is 0 Å². The summed E-state index contributed by atoms with van der Waals surface area (Å²) in [6.45, 7) is 0.00540. The van der Waals surface area contributed by atoms with Crippen molar-refractivity contribution in [2.75, 3.05) is 4.90 Å². The minimum Gasteiger partial charge on any atom is -0.456 e. The van der Waals surface area contributed by atoms with Crippen LogP contribution in [0.1, 0.15) is 0 Å². The molecular formula is C40H21BN2OS. The Balaban J connectivity index is 1.37. The molecule has 45 heavy (non-hydrogen) atoms. The normalized spacial score (nSPS) is 14.0. The summed E-state index contributed by atoms with van der Waals surface area (Å²) in [5, 5.41) is 7.52. The van der Waals surface area contributed by atoms with E-state index >= 15 is 0 Å². The van der Waals surface area contributed by atoms with Gasteiger partial charge in [0.05, 0.1) is 22.4 Å². The first-order valence-electron chi connectivity index (χ1n) is 15.5. The predicted molar refractivity (Wildman–Crippen MR) is 189 cm³/mol. The van der Waals surface area contributed by atoms with E-state index in [4.69, 9.17) is 4.42 Å². The third-order valence-corrected chi connectivity index (χ3v) is 11.4. The van der Waals surface area contributed by atoms with Crippen molar-refractivity contribution in [1.82, 2.24) is 4.48 Å². The number of aromatic nitrogens is 1. The number of rotatable bonds is 0. The van der Waals surface area contributed by atoms with Crippen molar-refractivity contribution in [1.29, 1.82) is 0 Å². The summed E-state index contributed by atoms with van der Waals surface area (Å²) in [4.78, 5) is 5.13. The summed E-state index contributed by atoms with van der Waals surface area (Å²) in [6, 6.07) is 47.0. The number of hydrogen-bond acceptors (Lipinski definition) is 3. The summed E-state index contributed by atoms with van der Waals surface area (Å²) in [5.41, 5.74) is 13.5. The number of fused-ring (bicyclic) bond motifs is 15. The van der Waals surface area contributed by atoms with E-state index in [1.54, 1.807) is 0 Å². The molecule has 0 saturated carbocycles. The van der Waals surface area contributed by atoms with Crippen LogP contribution >= 0.6 is 11.8 Å². The van der Waals surface area contributed by atoms with Crippen LogP contribution in [0.2, 0.25) is 0 Å². The standard InChI is InChI=1S/C40H21BN2OS/c1-2-10-23-22(9-1)19-20-26-24-12-7-13-25-28-21-32-35(27-11-3-5-16-31(27)44-32)40-36(28)41(43(37(23)26)38(24)25)29-14-8-18-34-39(29)42(40)30-15-4-6-17-33(30)45-34/h1-21H. The van der Waals surface area contributed by atoms with Crippen LogP contribution in [0.5, 0.6) is 0 Å². The van der Waals surface area contributed by atoms with Gasteiger partial charge in [0, 0.05) is 47.9 Å². The van der Waals surface area contributed by atoms with E-state index < -0.39 is 0 Å². The van der Waals surface area contributed by atoms with Gasteiger partial charge in [-0.15, -0.1) is 0 Å². The van der Waals surface area contributed by atoms with Gasteiger partial charge in [0.2, 0.25) is 0 Å². The maximum absolute atomic E-state index is 6.70. The second-order valence-corrected chi connectivity index (χ2v) is 13.5. The molecule has 206 valence electrons. The summed E-state index contributed by atoms with van der Waals surface area (Å²) in [6.07, 6.45) is 0. The highest BCUT2D eigenvalue weighted by Crippen LogP contribution is 2.56. The maximum atomic E-state index is 6.70. The monoisotopic (exact) mass is 588 g/mol. The molecule has 3 aliphatic heterocycles. The molecule has 3 aliphatic rings. The Morgan fingerprint density at radius 2 is 1.33 bits per heavy atom. The smallest absolute Gasteiger partial charge is 0.333 e. The Labute approximate surface area is 262 Å². The molecule has 9 aromatic rings. The fourth-order valence-corrected chi connectivity index (χ4v) is 9.76. The number of nitrogens with zero attached hydrogens (tertiary/aromatic N) is 2. The molecule has 3 nitrogen and oxygen atoms in total. The summed E-state index contributed by atoms with van der Waals surface area (Å²) in [7, 11) is 0. The van der Waals surface area contributed by atoms with Gasteiger partial charge in [-0.1, -0.05) is 109 Å². The predicted octanol–water partition coefficient (Wildman–Crippen LogP) is 9.73. The number of anilines is 3. The van der Waals surface area contributed by atoms with Crippen LogP contribution in [-0.2, 0) is 0 Å². The molecule has 7 aromatic carbocycles. The van der Waals surface area contributed by atoms with E-state index in [9.17, 15) is 0 Å². The fourth-order valence-electron chi connectivity index (χ4n) is 8.66. The highest BCUT2D eigenvalue weighted by atomic mass is 32.2. The molecule has 0 bridgehead atoms. The lowest BCUT2D eigenvalue weighted by molar-refractivity contribution is 0.669. The van der Waals surface area contributed by atoms with Gasteiger partial charge in [0.25, 0.3) is 0 Å². The van der Waals surface area contributed by atoms with Gasteiger partial charge < -0.3 is 13.8 Å². The number of furan rings is 1. The van der Waals surface area contributed by atoms with E-state index in [2.05, 4.69) is 137 Å². The first-order valence-corrected chi connectivity index (χ1v) is 16.3. The average molecular weight is 589 g/mol. The number of benzene rings is 7. The molecule has 0 amide bonds. The lowest BCUT2D eigenvalue weighted by Crippen LogP contribution is -2.57. The molecule has 0 atom stereocenters. The van der Waals surface area contributed by atoms with E-state index in [0.29, 0.717) is 0 Å². The number of para-hydroxylation sites is 4. The van der Waals surface area contributed by atoms with Gasteiger partial charge in [-0.2, -0.15) is 0 Å². The fraction of sp³-hybridized carbons (Fsp3) is 0. The van der Waals surface area contributed by atoms with E-state index in [1.807, 2.05) is 11.8 Å². The molecule has 0 radical (unpaired) electrons. The SMILES string of the molecule is c1ccc2c(c1)Sc1cccc3c1N2c1c2c(cc4oc5ccccc5c14)-c1cccc4c5ccc6ccccc6c5n(c14)B32. The lowest BCUT2D eigenvalue weighted by atomic mass is 9.45. The van der Waals surface area contributed by atoms with Crippen molar-refractivity contribution in [3.8, 4) is 11.1 Å². The second-order valence-electron chi connectivity index (χ2n) is 12.4. The Bertz CT molecular complexity index is 2830. The zero-order valence-corrected chi connectivity index (χ0v) is 24.7. The molecule has 2 aromatic heterocycles. The molecule has 0 aliphatic carbocycles. The van der Waals surface area contributed by atoms with E-state index in [1.165, 1.54) is 86.9 Å². The lowest BCUT2D eigenvalue weighted by Gasteiger charge is -2.43. The van der Waals surface area contributed by atoms with Crippen molar-refractivity contribution in [2.24, 2.45) is 0 Å². The van der Waals surface area contributed by atoms with Gasteiger partial charge in [0.15, 0.2) is 0 Å². The van der Waals surface area contributed by atoms with Crippen molar-refractivity contribution in [2.45, 2.75) is 9.79 Å². The summed E-state index contributed by atoms with van der Waals surface area (Å²) < 4.78 is 9.38. The van der Waals surface area contributed by atoms with Crippen LogP contribution in [0.3, 0.4) is 0 Å². The van der Waals surface area contributed by atoms with Crippen LogP contribution in [0.25, 0.3) is 65.6 Å². The Kier molecular flexibility index (Phi) is 4.00. The average Bonchev–Trinajstić information content (AvgIpc) is 3.64. The van der Waals surface area contributed by atoms with Gasteiger partial charge in [-0.3, -0.25) is 0 Å². The van der Waals surface area contributed by atoms with Crippen LogP contribution in [0.4, 0.5) is 17.1 Å². The van der Waals surface area contributed by atoms with Crippen molar-refractivity contribution in [3.05, 3.63) is 127 Å². The number of hydrogen-bond donors (Lipinski definition) is 0. The van der Waals surface area contributed by atoms with Gasteiger partial charge in [-0.05, 0) is 52.2 Å². The van der Waals surface area contributed by atoms with Gasteiger partial charge >= 0.3 is 6.85 Å². The molecule has 0 spiro atoms. The molecule has 0 saturated heterocycles. The van der Waals surface area contributed by atoms with Crippen LogP contribution < -0.4 is 15.8 Å². The minimum absolute atomic E-state index is 0.00540.